The van der Waals surface area contributed by atoms with Gasteiger partial charge in [0.2, 0.25) is 11.0 Å². The Kier molecular flexibility index (Phi) is 3.14. The summed E-state index contributed by atoms with van der Waals surface area (Å²) in [5, 5.41) is 9.07. The Labute approximate surface area is 102 Å². The molecule has 17 heavy (non-hydrogen) atoms. The Morgan fingerprint density at radius 3 is 2.53 bits per heavy atom. The molecule has 6 heteroatoms. The molecule has 0 unspecified atom stereocenters. The van der Waals surface area contributed by atoms with Crippen molar-refractivity contribution in [2.45, 2.75) is 6.92 Å². The van der Waals surface area contributed by atoms with Crippen molar-refractivity contribution in [1.29, 1.82) is 0 Å². The SMILES string of the molecule is CC(=O)N(C)c1nnc(-c2ccc(F)cc2)s1. The van der Waals surface area contributed by atoms with Gasteiger partial charge in [0.15, 0.2) is 0 Å². The van der Waals surface area contributed by atoms with Gasteiger partial charge in [-0.1, -0.05) is 11.3 Å². The number of nitrogens with zero attached hydrogens (tertiary/aromatic N) is 3. The van der Waals surface area contributed by atoms with Gasteiger partial charge in [-0.3, -0.25) is 9.69 Å². The lowest BCUT2D eigenvalue weighted by Crippen LogP contribution is -2.22. The highest BCUT2D eigenvalue weighted by Gasteiger charge is 2.12. The molecule has 1 aromatic heterocycles. The molecule has 0 spiro atoms. The molecule has 0 aliphatic rings. The van der Waals surface area contributed by atoms with E-state index < -0.39 is 0 Å². The first kappa shape index (κ1) is 11.7. The van der Waals surface area contributed by atoms with Gasteiger partial charge in [-0.2, -0.15) is 0 Å². The fourth-order valence-electron chi connectivity index (χ4n) is 1.19. The third-order valence-corrected chi connectivity index (χ3v) is 3.31. The van der Waals surface area contributed by atoms with Gasteiger partial charge >= 0.3 is 0 Å². The van der Waals surface area contributed by atoms with Crippen molar-refractivity contribution in [3.8, 4) is 10.6 Å². The Bertz CT molecular complexity index is 538. The number of halogens is 1. The summed E-state index contributed by atoms with van der Waals surface area (Å²) < 4.78 is 12.8. The molecule has 1 heterocycles. The van der Waals surface area contributed by atoms with Gasteiger partial charge in [0, 0.05) is 19.5 Å². The van der Waals surface area contributed by atoms with Crippen molar-refractivity contribution in [2.75, 3.05) is 11.9 Å². The van der Waals surface area contributed by atoms with Crippen LogP contribution in [0.25, 0.3) is 10.6 Å². The summed E-state index contributed by atoms with van der Waals surface area (Å²) in [4.78, 5) is 12.6. The zero-order valence-electron chi connectivity index (χ0n) is 9.35. The lowest BCUT2D eigenvalue weighted by molar-refractivity contribution is -0.116. The van der Waals surface area contributed by atoms with E-state index in [4.69, 9.17) is 0 Å². The zero-order valence-corrected chi connectivity index (χ0v) is 10.2. The standard InChI is InChI=1S/C11H10FN3OS/c1-7(16)15(2)11-14-13-10(17-11)8-3-5-9(12)6-4-8/h3-6H,1-2H3. The highest BCUT2D eigenvalue weighted by Crippen LogP contribution is 2.28. The molecule has 4 nitrogen and oxygen atoms in total. The minimum absolute atomic E-state index is 0.105. The molecule has 2 rings (SSSR count). The molecule has 1 aromatic carbocycles. The molecular weight excluding hydrogens is 241 g/mol. The lowest BCUT2D eigenvalue weighted by atomic mass is 10.2. The Hall–Kier alpha value is -1.82. The molecule has 0 aliphatic heterocycles. The van der Waals surface area contributed by atoms with Crippen LogP contribution in [0.3, 0.4) is 0 Å². The van der Waals surface area contributed by atoms with Crippen LogP contribution in [0.4, 0.5) is 9.52 Å². The second-order valence-electron chi connectivity index (χ2n) is 3.47. The number of benzene rings is 1. The molecule has 2 aromatic rings. The Morgan fingerprint density at radius 2 is 1.94 bits per heavy atom. The number of carbonyl (C=O) groups is 1. The number of rotatable bonds is 2. The number of hydrogen-bond donors (Lipinski definition) is 0. The zero-order chi connectivity index (χ0) is 12.4. The molecule has 0 fully saturated rings. The summed E-state index contributed by atoms with van der Waals surface area (Å²) in [7, 11) is 1.64. The molecule has 0 radical (unpaired) electrons. The third kappa shape index (κ3) is 2.47. The van der Waals surface area contributed by atoms with Crippen molar-refractivity contribution in [3.63, 3.8) is 0 Å². The minimum atomic E-state index is -0.292. The fraction of sp³-hybridized carbons (Fsp3) is 0.182. The number of aromatic nitrogens is 2. The largest absolute Gasteiger partial charge is 0.290 e. The van der Waals surface area contributed by atoms with Crippen LogP contribution in [-0.4, -0.2) is 23.2 Å². The highest BCUT2D eigenvalue weighted by molar-refractivity contribution is 7.18. The summed E-state index contributed by atoms with van der Waals surface area (Å²) in [6.07, 6.45) is 0. The molecule has 1 amide bonds. The van der Waals surface area contributed by atoms with Crippen LogP contribution in [0, 0.1) is 5.82 Å². The quantitative estimate of drug-likeness (QED) is 0.823. The van der Waals surface area contributed by atoms with Crippen molar-refractivity contribution in [3.05, 3.63) is 30.1 Å². The lowest BCUT2D eigenvalue weighted by Gasteiger charge is -2.08. The van der Waals surface area contributed by atoms with E-state index >= 15 is 0 Å². The fourth-order valence-corrected chi connectivity index (χ4v) is 2.05. The van der Waals surface area contributed by atoms with E-state index in [9.17, 15) is 9.18 Å². The van der Waals surface area contributed by atoms with Crippen molar-refractivity contribution < 1.29 is 9.18 Å². The van der Waals surface area contributed by atoms with E-state index in [0.29, 0.717) is 10.1 Å². The normalized spacial score (nSPS) is 10.3. The smallest absolute Gasteiger partial charge is 0.225 e. The number of carbonyl (C=O) groups excluding carboxylic acids is 1. The summed E-state index contributed by atoms with van der Waals surface area (Å²) in [5.41, 5.74) is 0.784. The van der Waals surface area contributed by atoms with Crippen molar-refractivity contribution in [2.24, 2.45) is 0 Å². The van der Waals surface area contributed by atoms with Gasteiger partial charge in [-0.25, -0.2) is 4.39 Å². The maximum Gasteiger partial charge on any atom is 0.225 e. The maximum atomic E-state index is 12.8. The predicted molar refractivity (Wildman–Crippen MR) is 64.4 cm³/mol. The van der Waals surface area contributed by atoms with Crippen LogP contribution >= 0.6 is 11.3 Å². The van der Waals surface area contributed by atoms with Crippen LogP contribution in [-0.2, 0) is 4.79 Å². The molecule has 0 N–H and O–H groups in total. The van der Waals surface area contributed by atoms with Crippen molar-refractivity contribution in [1.82, 2.24) is 10.2 Å². The first-order valence-electron chi connectivity index (χ1n) is 4.91. The molecule has 88 valence electrons. The van der Waals surface area contributed by atoms with Gasteiger partial charge in [0.1, 0.15) is 10.8 Å². The number of anilines is 1. The van der Waals surface area contributed by atoms with E-state index in [1.54, 1.807) is 19.2 Å². The summed E-state index contributed by atoms with van der Waals surface area (Å²) in [6.45, 7) is 1.46. The Morgan fingerprint density at radius 1 is 1.29 bits per heavy atom. The predicted octanol–water partition coefficient (Wildman–Crippen LogP) is 2.33. The van der Waals surface area contributed by atoms with E-state index in [1.807, 2.05) is 0 Å². The van der Waals surface area contributed by atoms with Gasteiger partial charge < -0.3 is 0 Å². The first-order valence-corrected chi connectivity index (χ1v) is 5.73. The second-order valence-corrected chi connectivity index (χ2v) is 4.43. The van der Waals surface area contributed by atoms with Crippen LogP contribution < -0.4 is 4.90 Å². The van der Waals surface area contributed by atoms with Gasteiger partial charge in [0.25, 0.3) is 0 Å². The van der Waals surface area contributed by atoms with E-state index in [1.165, 1.54) is 35.3 Å². The third-order valence-electron chi connectivity index (χ3n) is 2.26. The Balaban J connectivity index is 2.29. The van der Waals surface area contributed by atoms with Gasteiger partial charge in [-0.05, 0) is 24.3 Å². The topological polar surface area (TPSA) is 46.1 Å². The summed E-state index contributed by atoms with van der Waals surface area (Å²) in [5.74, 6) is -0.397. The highest BCUT2D eigenvalue weighted by atomic mass is 32.1. The van der Waals surface area contributed by atoms with Crippen LogP contribution in [0.2, 0.25) is 0 Å². The van der Waals surface area contributed by atoms with E-state index in [-0.39, 0.29) is 11.7 Å². The number of hydrogen-bond acceptors (Lipinski definition) is 4. The minimum Gasteiger partial charge on any atom is -0.290 e. The monoisotopic (exact) mass is 251 g/mol. The van der Waals surface area contributed by atoms with Gasteiger partial charge in [-0.15, -0.1) is 10.2 Å². The number of amides is 1. The van der Waals surface area contributed by atoms with E-state index in [2.05, 4.69) is 10.2 Å². The van der Waals surface area contributed by atoms with Gasteiger partial charge in [0.05, 0.1) is 0 Å². The maximum absolute atomic E-state index is 12.8. The first-order chi connectivity index (χ1) is 8.08. The van der Waals surface area contributed by atoms with Crippen LogP contribution in [0.5, 0.6) is 0 Å². The summed E-state index contributed by atoms with van der Waals surface area (Å²) >= 11 is 1.29. The molecule has 0 aliphatic carbocycles. The van der Waals surface area contributed by atoms with Crippen LogP contribution in [0.1, 0.15) is 6.92 Å². The molecule has 0 saturated heterocycles. The van der Waals surface area contributed by atoms with E-state index in [0.717, 1.165) is 5.56 Å². The average molecular weight is 251 g/mol. The molecule has 0 saturated carbocycles. The van der Waals surface area contributed by atoms with Crippen LogP contribution in [0.15, 0.2) is 24.3 Å². The molecular formula is C11H10FN3OS. The van der Waals surface area contributed by atoms with Crippen molar-refractivity contribution >= 4 is 22.4 Å². The second kappa shape index (κ2) is 4.58. The average Bonchev–Trinajstić information content (AvgIpc) is 2.78. The molecule has 0 bridgehead atoms. The molecule has 0 atom stereocenters. The summed E-state index contributed by atoms with van der Waals surface area (Å²) in [6, 6.07) is 6.00.